The van der Waals surface area contributed by atoms with Crippen LogP contribution in [0.15, 0.2) is 18.2 Å². The number of halogens is 5. The molecular weight excluding hydrogens is 431 g/mol. The Morgan fingerprint density at radius 3 is 2.19 bits per heavy atom. The molecule has 174 valence electrons. The number of carboxylic acids is 1. The highest BCUT2D eigenvalue weighted by molar-refractivity contribution is 5.93. The number of anilines is 1. The molecule has 0 aliphatic heterocycles. The van der Waals surface area contributed by atoms with Crippen molar-refractivity contribution in [3.8, 4) is 0 Å². The lowest BCUT2D eigenvalue weighted by Crippen LogP contribution is -2.38. The number of benzene rings is 1. The van der Waals surface area contributed by atoms with Crippen molar-refractivity contribution in [2.45, 2.75) is 57.9 Å². The molecule has 0 heterocycles. The number of ether oxygens (including phenoxy) is 1. The summed E-state index contributed by atoms with van der Waals surface area (Å²) >= 11 is 0. The number of carboxylic acid groups (broad SMARTS) is 1. The number of carbonyl (C=O) groups is 3. The van der Waals surface area contributed by atoms with E-state index in [1.165, 1.54) is 0 Å². The maximum atomic E-state index is 13.6. The highest BCUT2D eigenvalue weighted by Gasteiger charge is 2.38. The zero-order valence-corrected chi connectivity index (χ0v) is 17.0. The van der Waals surface area contributed by atoms with Crippen LogP contribution in [-0.4, -0.2) is 40.9 Å². The Balaban J connectivity index is 0.000000592. The fourth-order valence-corrected chi connectivity index (χ4v) is 2.65. The minimum atomic E-state index is -5.08. The number of alkyl carbamates (subject to hydrolysis) is 1. The molecule has 31 heavy (non-hydrogen) atoms. The lowest BCUT2D eigenvalue weighted by Gasteiger charge is -2.21. The number of hydrogen-bond acceptors (Lipinski definition) is 4. The van der Waals surface area contributed by atoms with Gasteiger partial charge in [-0.3, -0.25) is 4.79 Å². The van der Waals surface area contributed by atoms with Crippen LogP contribution in [0.2, 0.25) is 0 Å². The molecular formula is C19H23F5N2O5. The van der Waals surface area contributed by atoms with Gasteiger partial charge in [-0.1, -0.05) is 0 Å². The van der Waals surface area contributed by atoms with E-state index in [1.54, 1.807) is 20.8 Å². The first-order chi connectivity index (χ1) is 14.1. The van der Waals surface area contributed by atoms with Crippen molar-refractivity contribution >= 4 is 23.7 Å². The van der Waals surface area contributed by atoms with Gasteiger partial charge in [-0.15, -0.1) is 0 Å². The van der Waals surface area contributed by atoms with Gasteiger partial charge >= 0.3 is 18.2 Å². The second-order valence-corrected chi connectivity index (χ2v) is 7.77. The molecule has 1 aromatic carbocycles. The summed E-state index contributed by atoms with van der Waals surface area (Å²) in [5, 5.41) is 12.3. The van der Waals surface area contributed by atoms with Crippen LogP contribution < -0.4 is 10.6 Å². The van der Waals surface area contributed by atoms with Crippen molar-refractivity contribution in [3.05, 3.63) is 29.8 Å². The van der Waals surface area contributed by atoms with Gasteiger partial charge in [-0.2, -0.15) is 13.2 Å². The molecule has 2 rings (SSSR count). The highest BCUT2D eigenvalue weighted by atomic mass is 19.4. The molecule has 0 aromatic heterocycles. The first-order valence-corrected chi connectivity index (χ1v) is 9.14. The number of hydrogen-bond donors (Lipinski definition) is 3. The van der Waals surface area contributed by atoms with Crippen LogP contribution in [-0.2, 0) is 14.3 Å². The second-order valence-electron chi connectivity index (χ2n) is 7.77. The number of carbonyl (C=O) groups excluding carboxylic acids is 2. The van der Waals surface area contributed by atoms with Crippen LogP contribution >= 0.6 is 0 Å². The fraction of sp³-hybridized carbons (Fsp3) is 0.526. The van der Waals surface area contributed by atoms with E-state index < -0.39 is 35.5 Å². The zero-order valence-electron chi connectivity index (χ0n) is 17.0. The van der Waals surface area contributed by atoms with Gasteiger partial charge in [0.15, 0.2) is 0 Å². The number of amides is 2. The van der Waals surface area contributed by atoms with Crippen LogP contribution in [0.3, 0.4) is 0 Å². The third kappa shape index (κ3) is 9.62. The molecule has 1 fully saturated rings. The van der Waals surface area contributed by atoms with E-state index in [2.05, 4.69) is 10.6 Å². The van der Waals surface area contributed by atoms with Gasteiger partial charge in [0.1, 0.15) is 17.2 Å². The van der Waals surface area contributed by atoms with Crippen LogP contribution in [0, 0.1) is 17.6 Å². The Morgan fingerprint density at radius 2 is 1.68 bits per heavy atom. The summed E-state index contributed by atoms with van der Waals surface area (Å²) in [5.74, 6) is -4.82. The largest absolute Gasteiger partial charge is 0.490 e. The third-order valence-corrected chi connectivity index (χ3v) is 3.95. The molecule has 0 saturated heterocycles. The first kappa shape index (κ1) is 26.1. The number of rotatable bonds is 3. The Labute approximate surface area is 174 Å². The molecule has 2 amide bonds. The first-order valence-electron chi connectivity index (χ1n) is 9.14. The third-order valence-electron chi connectivity index (χ3n) is 3.95. The Morgan fingerprint density at radius 1 is 1.10 bits per heavy atom. The molecule has 0 spiro atoms. The average molecular weight is 454 g/mol. The standard InChI is InChI=1S/C17H22F2N2O3.C2HF3O2/c1-17(2,3)24-16(23)20-12-6-4-10(8-12)15(22)21-14-9-11(18)5-7-13(14)19;3-2(4,5)1(6)7/h5,7,9-10,12H,4,6,8H2,1-3H3,(H,20,23)(H,21,22);(H,6,7). The van der Waals surface area contributed by atoms with Crippen molar-refractivity contribution in [2.24, 2.45) is 5.92 Å². The van der Waals surface area contributed by atoms with Crippen LogP contribution in [0.4, 0.5) is 32.4 Å². The zero-order chi connectivity index (χ0) is 24.0. The smallest absolute Gasteiger partial charge is 0.475 e. The van der Waals surface area contributed by atoms with E-state index in [9.17, 15) is 31.5 Å². The van der Waals surface area contributed by atoms with E-state index >= 15 is 0 Å². The molecule has 3 N–H and O–H groups in total. The van der Waals surface area contributed by atoms with Crippen LogP contribution in [0.25, 0.3) is 0 Å². The molecule has 1 saturated carbocycles. The van der Waals surface area contributed by atoms with Crippen LogP contribution in [0.1, 0.15) is 40.0 Å². The topological polar surface area (TPSA) is 105 Å². The quantitative estimate of drug-likeness (QED) is 0.593. The summed E-state index contributed by atoms with van der Waals surface area (Å²) in [6, 6.07) is 2.72. The Kier molecular flexibility index (Phi) is 8.76. The molecule has 12 heteroatoms. The van der Waals surface area contributed by atoms with Crippen molar-refractivity contribution in [3.63, 3.8) is 0 Å². The van der Waals surface area contributed by atoms with Gasteiger partial charge in [0.25, 0.3) is 0 Å². The highest BCUT2D eigenvalue weighted by Crippen LogP contribution is 2.28. The molecule has 2 atom stereocenters. The van der Waals surface area contributed by atoms with Crippen molar-refractivity contribution in [1.29, 1.82) is 0 Å². The molecule has 1 aliphatic rings. The van der Waals surface area contributed by atoms with Crippen molar-refractivity contribution in [1.82, 2.24) is 5.32 Å². The van der Waals surface area contributed by atoms with Crippen LogP contribution in [0.5, 0.6) is 0 Å². The molecule has 2 unspecified atom stereocenters. The van der Waals surface area contributed by atoms with Gasteiger partial charge in [0.05, 0.1) is 5.69 Å². The molecule has 0 bridgehead atoms. The summed E-state index contributed by atoms with van der Waals surface area (Å²) < 4.78 is 63.6. The van der Waals surface area contributed by atoms with Gasteiger partial charge in [-0.05, 0) is 52.2 Å². The van der Waals surface area contributed by atoms with Crippen molar-refractivity contribution < 1.29 is 46.2 Å². The Hall–Kier alpha value is -2.92. The van der Waals surface area contributed by atoms with E-state index in [-0.39, 0.29) is 23.6 Å². The molecule has 0 radical (unpaired) electrons. The summed E-state index contributed by atoms with van der Waals surface area (Å²) in [4.78, 5) is 32.8. The summed E-state index contributed by atoms with van der Waals surface area (Å²) in [5.41, 5.74) is -0.766. The number of alkyl halides is 3. The monoisotopic (exact) mass is 454 g/mol. The van der Waals surface area contributed by atoms with Gasteiger partial charge < -0.3 is 20.5 Å². The second kappa shape index (κ2) is 10.4. The van der Waals surface area contributed by atoms with E-state index in [0.717, 1.165) is 18.2 Å². The molecule has 1 aromatic rings. The maximum absolute atomic E-state index is 13.6. The summed E-state index contributed by atoms with van der Waals surface area (Å²) in [6.45, 7) is 5.31. The minimum absolute atomic E-state index is 0.173. The van der Waals surface area contributed by atoms with Crippen molar-refractivity contribution in [2.75, 3.05) is 5.32 Å². The SMILES string of the molecule is CC(C)(C)OC(=O)NC1CCC(C(=O)Nc2cc(F)ccc2F)C1.O=C(O)C(F)(F)F. The number of nitrogens with one attached hydrogen (secondary N) is 2. The predicted octanol–water partition coefficient (Wildman–Crippen LogP) is 4.23. The predicted molar refractivity (Wildman–Crippen MR) is 99.2 cm³/mol. The lowest BCUT2D eigenvalue weighted by atomic mass is 10.1. The van der Waals surface area contributed by atoms with E-state index in [0.29, 0.717) is 19.3 Å². The average Bonchev–Trinajstić information content (AvgIpc) is 3.04. The molecule has 1 aliphatic carbocycles. The van der Waals surface area contributed by atoms with Gasteiger partial charge in [0, 0.05) is 18.0 Å². The lowest BCUT2D eigenvalue weighted by molar-refractivity contribution is -0.192. The summed E-state index contributed by atoms with van der Waals surface area (Å²) in [6.07, 6.45) is -3.99. The normalized spacial score (nSPS) is 18.5. The minimum Gasteiger partial charge on any atom is -0.475 e. The van der Waals surface area contributed by atoms with Gasteiger partial charge in [0.2, 0.25) is 5.91 Å². The Bertz CT molecular complexity index is 808. The van der Waals surface area contributed by atoms with Gasteiger partial charge in [-0.25, -0.2) is 18.4 Å². The fourth-order valence-electron chi connectivity index (χ4n) is 2.65. The summed E-state index contributed by atoms with van der Waals surface area (Å²) in [7, 11) is 0. The van der Waals surface area contributed by atoms with E-state index in [4.69, 9.17) is 14.6 Å². The maximum Gasteiger partial charge on any atom is 0.490 e. The number of aliphatic carboxylic acids is 1. The molecule has 7 nitrogen and oxygen atoms in total. The van der Waals surface area contributed by atoms with E-state index in [1.807, 2.05) is 0 Å².